The molecule has 7 heteroatoms. The zero-order valence-electron chi connectivity index (χ0n) is 14.7. The summed E-state index contributed by atoms with van der Waals surface area (Å²) in [5, 5.41) is 38.6. The lowest BCUT2D eigenvalue weighted by Gasteiger charge is -2.48. The molecular formula is C19H18N4O3. The van der Waals surface area contributed by atoms with Gasteiger partial charge in [-0.25, -0.2) is 0 Å². The summed E-state index contributed by atoms with van der Waals surface area (Å²) < 4.78 is 17.2. The quantitative estimate of drug-likeness (QED) is 0.893. The highest BCUT2D eigenvalue weighted by atomic mass is 16.7. The highest BCUT2D eigenvalue weighted by Gasteiger charge is 2.79. The Morgan fingerprint density at radius 3 is 2.38 bits per heavy atom. The molecule has 132 valence electrons. The van der Waals surface area contributed by atoms with Gasteiger partial charge in [-0.3, -0.25) is 5.41 Å². The summed E-state index contributed by atoms with van der Waals surface area (Å²) in [6.07, 6.45) is -0.695. The number of hydrogen-bond acceptors (Lipinski definition) is 7. The molecule has 0 aromatic heterocycles. The maximum absolute atomic E-state index is 10.1. The number of nitrogens with zero attached hydrogens (tertiary/aromatic N) is 3. The van der Waals surface area contributed by atoms with E-state index in [1.165, 1.54) is 7.11 Å². The Labute approximate surface area is 151 Å². The number of fused-ring (bicyclic) bond motifs is 2. The van der Waals surface area contributed by atoms with E-state index in [9.17, 15) is 15.8 Å². The largest absolute Gasteiger partial charge is 0.496 e. The van der Waals surface area contributed by atoms with Gasteiger partial charge in [0.25, 0.3) is 0 Å². The molecular weight excluding hydrogens is 332 g/mol. The molecule has 26 heavy (non-hydrogen) atoms. The van der Waals surface area contributed by atoms with Crippen molar-refractivity contribution in [2.45, 2.75) is 32.2 Å². The van der Waals surface area contributed by atoms with Gasteiger partial charge in [0, 0.05) is 12.5 Å². The molecule has 0 aliphatic carbocycles. The van der Waals surface area contributed by atoms with Crippen molar-refractivity contribution in [1.82, 2.24) is 0 Å². The fraction of sp³-hybridized carbons (Fsp3) is 0.474. The third-order valence-electron chi connectivity index (χ3n) is 5.54. The minimum Gasteiger partial charge on any atom is -0.496 e. The minimum absolute atomic E-state index is 0.394. The second kappa shape index (κ2) is 5.73. The molecule has 0 amide bonds. The molecule has 0 spiro atoms. The lowest BCUT2D eigenvalue weighted by molar-refractivity contribution is -0.273. The molecule has 2 heterocycles. The molecule has 2 saturated heterocycles. The van der Waals surface area contributed by atoms with Crippen LogP contribution in [0.2, 0.25) is 0 Å². The van der Waals surface area contributed by atoms with Gasteiger partial charge in [0.1, 0.15) is 11.9 Å². The molecule has 4 atom stereocenters. The van der Waals surface area contributed by atoms with E-state index in [-0.39, 0.29) is 0 Å². The monoisotopic (exact) mass is 350 g/mol. The van der Waals surface area contributed by atoms with Gasteiger partial charge in [0.05, 0.1) is 31.2 Å². The van der Waals surface area contributed by atoms with Gasteiger partial charge < -0.3 is 14.2 Å². The predicted octanol–water partition coefficient (Wildman–Crippen LogP) is 3.06. The SMILES string of the molecule is CCC1C2(C)OC(=N)C1(C#N)C(C#N)(C#N)C(c1ccccc1OC)O2. The number of benzene rings is 1. The summed E-state index contributed by atoms with van der Waals surface area (Å²) in [7, 11) is 1.48. The smallest absolute Gasteiger partial charge is 0.214 e. The van der Waals surface area contributed by atoms with Crippen molar-refractivity contribution in [2.75, 3.05) is 7.11 Å². The van der Waals surface area contributed by atoms with Crippen LogP contribution in [-0.2, 0) is 9.47 Å². The zero-order chi connectivity index (χ0) is 19.2. The third-order valence-corrected chi connectivity index (χ3v) is 5.54. The van der Waals surface area contributed by atoms with Crippen LogP contribution in [0.15, 0.2) is 24.3 Å². The summed E-state index contributed by atoms with van der Waals surface area (Å²) in [6.45, 7) is 3.47. The summed E-state index contributed by atoms with van der Waals surface area (Å²) in [5.74, 6) is -1.87. The summed E-state index contributed by atoms with van der Waals surface area (Å²) in [5.41, 5.74) is -3.22. The summed E-state index contributed by atoms with van der Waals surface area (Å²) >= 11 is 0. The van der Waals surface area contributed by atoms with Gasteiger partial charge in [-0.05, 0) is 12.5 Å². The van der Waals surface area contributed by atoms with Crippen molar-refractivity contribution in [1.29, 1.82) is 21.2 Å². The molecule has 2 aliphatic heterocycles. The molecule has 0 saturated carbocycles. The van der Waals surface area contributed by atoms with Crippen LogP contribution in [0.1, 0.15) is 31.9 Å². The Kier molecular flexibility index (Phi) is 3.91. The molecule has 2 fully saturated rings. The Balaban J connectivity index is 2.36. The zero-order valence-corrected chi connectivity index (χ0v) is 14.7. The van der Waals surface area contributed by atoms with Crippen molar-refractivity contribution in [3.05, 3.63) is 29.8 Å². The molecule has 1 aromatic carbocycles. The summed E-state index contributed by atoms with van der Waals surface area (Å²) in [4.78, 5) is 0. The highest BCUT2D eigenvalue weighted by molar-refractivity contribution is 5.89. The van der Waals surface area contributed by atoms with Crippen molar-refractivity contribution in [3.63, 3.8) is 0 Å². The molecule has 2 bridgehead atoms. The Bertz CT molecular complexity index is 879. The van der Waals surface area contributed by atoms with Gasteiger partial charge in [-0.1, -0.05) is 25.1 Å². The Morgan fingerprint density at radius 2 is 1.85 bits per heavy atom. The van der Waals surface area contributed by atoms with E-state index in [0.29, 0.717) is 17.7 Å². The van der Waals surface area contributed by atoms with Crippen LogP contribution in [0.25, 0.3) is 0 Å². The number of rotatable bonds is 3. The molecule has 1 N–H and O–H groups in total. The van der Waals surface area contributed by atoms with Crippen molar-refractivity contribution in [2.24, 2.45) is 16.7 Å². The first-order valence-corrected chi connectivity index (χ1v) is 8.23. The normalized spacial score (nSPS) is 34.1. The first kappa shape index (κ1) is 17.7. The fourth-order valence-electron chi connectivity index (χ4n) is 4.39. The van der Waals surface area contributed by atoms with Gasteiger partial charge in [0.2, 0.25) is 17.1 Å². The first-order chi connectivity index (χ1) is 12.4. The van der Waals surface area contributed by atoms with Crippen molar-refractivity contribution in [3.8, 4) is 24.0 Å². The maximum atomic E-state index is 10.1. The Morgan fingerprint density at radius 1 is 1.19 bits per heavy atom. The van der Waals surface area contributed by atoms with E-state index in [1.807, 2.05) is 19.1 Å². The lowest BCUT2D eigenvalue weighted by atomic mass is 9.53. The number of ether oxygens (including phenoxy) is 3. The predicted molar refractivity (Wildman–Crippen MR) is 89.5 cm³/mol. The van der Waals surface area contributed by atoms with Crippen LogP contribution in [-0.4, -0.2) is 18.8 Å². The van der Waals surface area contributed by atoms with Crippen LogP contribution in [0.3, 0.4) is 0 Å². The van der Waals surface area contributed by atoms with E-state index >= 15 is 0 Å². The molecule has 7 nitrogen and oxygen atoms in total. The maximum Gasteiger partial charge on any atom is 0.214 e. The molecule has 1 aromatic rings. The summed E-state index contributed by atoms with van der Waals surface area (Å²) in [6, 6.07) is 13.0. The molecule has 3 rings (SSSR count). The molecule has 4 unspecified atom stereocenters. The van der Waals surface area contributed by atoms with Gasteiger partial charge in [-0.15, -0.1) is 0 Å². The average Bonchev–Trinajstić information content (AvgIpc) is 2.84. The van der Waals surface area contributed by atoms with Crippen LogP contribution < -0.4 is 4.74 Å². The third kappa shape index (κ3) is 1.80. The Hall–Kier alpha value is -3.08. The molecule has 0 radical (unpaired) electrons. The van der Waals surface area contributed by atoms with E-state index in [2.05, 4.69) is 6.07 Å². The van der Waals surface area contributed by atoms with E-state index in [4.69, 9.17) is 19.6 Å². The van der Waals surface area contributed by atoms with Crippen molar-refractivity contribution >= 4 is 5.90 Å². The second-order valence-electron chi connectivity index (χ2n) is 6.60. The van der Waals surface area contributed by atoms with E-state index < -0.39 is 34.5 Å². The number of hydrogen-bond donors (Lipinski definition) is 1. The van der Waals surface area contributed by atoms with Crippen LogP contribution in [0, 0.1) is 56.2 Å². The standard InChI is InChI=1S/C19H18N4O3/c1-4-14-17(2)25-15(12-7-5-6-8-13(12)24-3)18(9-20,10-21)19(14,11-22)16(23)26-17/h5-8,14-15,23H,4H2,1-3H3. The first-order valence-electron chi connectivity index (χ1n) is 8.23. The average molecular weight is 350 g/mol. The second-order valence-corrected chi connectivity index (χ2v) is 6.60. The number of nitrogens with one attached hydrogen (secondary N) is 1. The van der Waals surface area contributed by atoms with Gasteiger partial charge >= 0.3 is 0 Å². The molecule has 2 aliphatic rings. The van der Waals surface area contributed by atoms with E-state index in [1.54, 1.807) is 31.2 Å². The minimum atomic E-state index is -1.95. The van der Waals surface area contributed by atoms with Crippen molar-refractivity contribution < 1.29 is 14.2 Å². The highest BCUT2D eigenvalue weighted by Crippen LogP contribution is 2.67. The van der Waals surface area contributed by atoms with Crippen LogP contribution in [0.4, 0.5) is 0 Å². The van der Waals surface area contributed by atoms with E-state index in [0.717, 1.165) is 0 Å². The lowest BCUT2D eigenvalue weighted by Crippen LogP contribution is -2.58. The fourth-order valence-corrected chi connectivity index (χ4v) is 4.39. The van der Waals surface area contributed by atoms with Crippen LogP contribution in [0.5, 0.6) is 5.75 Å². The number of para-hydroxylation sites is 1. The van der Waals surface area contributed by atoms with Crippen LogP contribution >= 0.6 is 0 Å². The van der Waals surface area contributed by atoms with Gasteiger partial charge in [-0.2, -0.15) is 15.8 Å². The topological polar surface area (TPSA) is 123 Å². The number of methoxy groups -OCH3 is 1. The number of nitriles is 3. The van der Waals surface area contributed by atoms with Gasteiger partial charge in [0.15, 0.2) is 5.41 Å².